The van der Waals surface area contributed by atoms with E-state index in [-0.39, 0.29) is 5.88 Å². The molecular weight excluding hydrogens is 282 g/mol. The molecule has 0 saturated carbocycles. The lowest BCUT2D eigenvalue weighted by Gasteiger charge is -2.09. The van der Waals surface area contributed by atoms with Crippen LogP contribution in [-0.2, 0) is 16.1 Å². The fourth-order valence-corrected chi connectivity index (χ4v) is 1.83. The molecule has 22 heavy (non-hydrogen) atoms. The number of aromatic nitrogens is 1. The number of hydrogen-bond donors (Lipinski definition) is 0. The number of carbonyl (C=O) groups excluding carboxylic acids is 1. The summed E-state index contributed by atoms with van der Waals surface area (Å²) in [6, 6.07) is 13.2. The largest absolute Gasteiger partial charge is 0.475 e. The fraction of sp³-hybridized carbons (Fsp3) is 0.294. The van der Waals surface area contributed by atoms with Gasteiger partial charge in [-0.2, -0.15) is 0 Å². The standard InChI is InChI=1S/C17H19NO4/c1-2-21-17(19)15-9-6-10-18-16(15)22-12-11-20-13-14-7-4-3-5-8-14/h3-10H,2,11-13H2,1H3. The summed E-state index contributed by atoms with van der Waals surface area (Å²) in [4.78, 5) is 15.8. The molecule has 0 radical (unpaired) electrons. The van der Waals surface area contributed by atoms with Crippen LogP contribution in [0.15, 0.2) is 48.7 Å². The lowest BCUT2D eigenvalue weighted by Crippen LogP contribution is -2.12. The maximum absolute atomic E-state index is 11.8. The van der Waals surface area contributed by atoms with Gasteiger partial charge in [-0.1, -0.05) is 30.3 Å². The normalized spacial score (nSPS) is 10.2. The van der Waals surface area contributed by atoms with E-state index < -0.39 is 5.97 Å². The zero-order valence-electron chi connectivity index (χ0n) is 12.5. The third-order valence-corrected chi connectivity index (χ3v) is 2.84. The third-order valence-electron chi connectivity index (χ3n) is 2.84. The van der Waals surface area contributed by atoms with Crippen molar-refractivity contribution >= 4 is 5.97 Å². The van der Waals surface area contributed by atoms with Crippen LogP contribution in [0.2, 0.25) is 0 Å². The van der Waals surface area contributed by atoms with Gasteiger partial charge in [-0.3, -0.25) is 0 Å². The molecule has 0 spiro atoms. The van der Waals surface area contributed by atoms with Gasteiger partial charge in [0, 0.05) is 6.20 Å². The average molecular weight is 301 g/mol. The van der Waals surface area contributed by atoms with Gasteiger partial charge in [-0.25, -0.2) is 9.78 Å². The molecule has 0 N–H and O–H groups in total. The van der Waals surface area contributed by atoms with E-state index in [1.165, 1.54) is 0 Å². The van der Waals surface area contributed by atoms with Gasteiger partial charge < -0.3 is 14.2 Å². The van der Waals surface area contributed by atoms with Crippen LogP contribution in [0.3, 0.4) is 0 Å². The summed E-state index contributed by atoms with van der Waals surface area (Å²) in [5.41, 5.74) is 1.43. The van der Waals surface area contributed by atoms with Gasteiger partial charge in [0.15, 0.2) is 0 Å². The van der Waals surface area contributed by atoms with Crippen LogP contribution >= 0.6 is 0 Å². The Hall–Kier alpha value is -2.40. The first kappa shape index (κ1) is 16.0. The highest BCUT2D eigenvalue weighted by Gasteiger charge is 2.14. The lowest BCUT2D eigenvalue weighted by molar-refractivity contribution is 0.0514. The van der Waals surface area contributed by atoms with Gasteiger partial charge in [0.1, 0.15) is 12.2 Å². The van der Waals surface area contributed by atoms with Crippen molar-refractivity contribution in [2.45, 2.75) is 13.5 Å². The van der Waals surface area contributed by atoms with Crippen LogP contribution in [0.5, 0.6) is 5.88 Å². The summed E-state index contributed by atoms with van der Waals surface area (Å²) in [7, 11) is 0. The number of nitrogens with zero attached hydrogens (tertiary/aromatic N) is 1. The van der Waals surface area contributed by atoms with Crippen LogP contribution in [0, 0.1) is 0 Å². The van der Waals surface area contributed by atoms with E-state index in [4.69, 9.17) is 14.2 Å². The molecule has 0 aliphatic rings. The summed E-state index contributed by atoms with van der Waals surface area (Å²) in [5, 5.41) is 0. The van der Waals surface area contributed by atoms with Crippen molar-refractivity contribution in [1.82, 2.24) is 4.98 Å². The van der Waals surface area contributed by atoms with Crippen LogP contribution in [0.4, 0.5) is 0 Å². The second-order valence-electron chi connectivity index (χ2n) is 4.46. The van der Waals surface area contributed by atoms with Crippen molar-refractivity contribution in [3.63, 3.8) is 0 Å². The molecular formula is C17H19NO4. The number of hydrogen-bond acceptors (Lipinski definition) is 5. The zero-order valence-corrected chi connectivity index (χ0v) is 12.5. The Bertz CT molecular complexity index is 586. The topological polar surface area (TPSA) is 57.7 Å². The number of esters is 1. The molecule has 2 rings (SSSR count). The minimum absolute atomic E-state index is 0.268. The molecule has 1 aromatic carbocycles. The minimum Gasteiger partial charge on any atom is -0.475 e. The SMILES string of the molecule is CCOC(=O)c1cccnc1OCCOCc1ccccc1. The van der Waals surface area contributed by atoms with Crippen LogP contribution < -0.4 is 4.74 Å². The molecule has 5 heteroatoms. The first-order valence-electron chi connectivity index (χ1n) is 7.18. The average Bonchev–Trinajstić information content (AvgIpc) is 2.56. The Morgan fingerprint density at radius 1 is 1.09 bits per heavy atom. The molecule has 2 aromatic rings. The Labute approximate surface area is 129 Å². The molecule has 0 amide bonds. The van der Waals surface area contributed by atoms with Gasteiger partial charge in [0.2, 0.25) is 5.88 Å². The van der Waals surface area contributed by atoms with E-state index in [0.717, 1.165) is 5.56 Å². The number of rotatable bonds is 8. The van der Waals surface area contributed by atoms with Crippen LogP contribution in [0.25, 0.3) is 0 Å². The van der Waals surface area contributed by atoms with Gasteiger partial charge in [0.25, 0.3) is 0 Å². The van der Waals surface area contributed by atoms with Gasteiger partial charge in [-0.05, 0) is 24.6 Å². The van der Waals surface area contributed by atoms with Crippen molar-refractivity contribution in [2.24, 2.45) is 0 Å². The second kappa shape index (κ2) is 8.79. The highest BCUT2D eigenvalue weighted by atomic mass is 16.5. The number of benzene rings is 1. The molecule has 0 aliphatic heterocycles. The second-order valence-corrected chi connectivity index (χ2v) is 4.46. The lowest BCUT2D eigenvalue weighted by atomic mass is 10.2. The molecule has 0 fully saturated rings. The van der Waals surface area contributed by atoms with Gasteiger partial charge >= 0.3 is 5.97 Å². The highest BCUT2D eigenvalue weighted by Crippen LogP contribution is 2.15. The molecule has 0 bridgehead atoms. The fourth-order valence-electron chi connectivity index (χ4n) is 1.83. The summed E-state index contributed by atoms with van der Waals surface area (Å²) in [6.07, 6.45) is 1.57. The molecule has 0 saturated heterocycles. The Morgan fingerprint density at radius 2 is 1.91 bits per heavy atom. The zero-order chi connectivity index (χ0) is 15.6. The first-order valence-corrected chi connectivity index (χ1v) is 7.18. The summed E-state index contributed by atoms with van der Waals surface area (Å²) in [5.74, 6) is -0.167. The predicted octanol–water partition coefficient (Wildman–Crippen LogP) is 2.85. The molecule has 5 nitrogen and oxygen atoms in total. The molecule has 1 heterocycles. The van der Waals surface area contributed by atoms with Crippen molar-refractivity contribution in [2.75, 3.05) is 19.8 Å². The number of pyridine rings is 1. The molecule has 1 aromatic heterocycles. The maximum atomic E-state index is 11.8. The van der Waals surface area contributed by atoms with Gasteiger partial charge in [0.05, 0.1) is 19.8 Å². The van der Waals surface area contributed by atoms with E-state index in [1.54, 1.807) is 25.3 Å². The van der Waals surface area contributed by atoms with E-state index in [2.05, 4.69) is 4.98 Å². The van der Waals surface area contributed by atoms with Crippen molar-refractivity contribution in [3.8, 4) is 5.88 Å². The molecule has 0 atom stereocenters. The Balaban J connectivity index is 1.78. The maximum Gasteiger partial charge on any atom is 0.343 e. The van der Waals surface area contributed by atoms with E-state index in [1.807, 2.05) is 30.3 Å². The van der Waals surface area contributed by atoms with E-state index in [0.29, 0.717) is 32.0 Å². The van der Waals surface area contributed by atoms with Crippen molar-refractivity contribution in [3.05, 3.63) is 59.8 Å². The summed E-state index contributed by atoms with van der Waals surface area (Å²) >= 11 is 0. The summed E-state index contributed by atoms with van der Waals surface area (Å²) < 4.78 is 16.0. The third kappa shape index (κ3) is 4.86. The highest BCUT2D eigenvalue weighted by molar-refractivity contribution is 5.91. The number of ether oxygens (including phenoxy) is 3. The monoisotopic (exact) mass is 301 g/mol. The molecule has 116 valence electrons. The van der Waals surface area contributed by atoms with E-state index >= 15 is 0 Å². The number of carbonyl (C=O) groups is 1. The quantitative estimate of drug-likeness (QED) is 0.554. The summed E-state index contributed by atoms with van der Waals surface area (Å²) in [6.45, 7) is 3.32. The molecule has 0 unspecified atom stereocenters. The first-order chi connectivity index (χ1) is 10.8. The smallest absolute Gasteiger partial charge is 0.343 e. The molecule has 0 aliphatic carbocycles. The Kier molecular flexibility index (Phi) is 6.39. The van der Waals surface area contributed by atoms with E-state index in [9.17, 15) is 4.79 Å². The van der Waals surface area contributed by atoms with Crippen LogP contribution in [-0.4, -0.2) is 30.8 Å². The minimum atomic E-state index is -0.434. The predicted molar refractivity (Wildman–Crippen MR) is 81.8 cm³/mol. The van der Waals surface area contributed by atoms with Crippen molar-refractivity contribution in [1.29, 1.82) is 0 Å². The van der Waals surface area contributed by atoms with Crippen LogP contribution in [0.1, 0.15) is 22.8 Å². The van der Waals surface area contributed by atoms with Crippen molar-refractivity contribution < 1.29 is 19.0 Å². The van der Waals surface area contributed by atoms with Gasteiger partial charge in [-0.15, -0.1) is 0 Å². The Morgan fingerprint density at radius 3 is 2.68 bits per heavy atom.